The zero-order valence-electron chi connectivity index (χ0n) is 14.6. The number of anilines is 1. The molecule has 138 valence electrons. The van der Waals surface area contributed by atoms with Gasteiger partial charge >= 0.3 is 5.97 Å². The molecule has 0 saturated carbocycles. The lowest BCUT2D eigenvalue weighted by molar-refractivity contribution is -0.129. The SMILES string of the molecule is COc1ccc(CCNC(=O)C(C)OC(=O)c2cc(Br)ccc2N)cc1. The quantitative estimate of drug-likeness (QED) is 0.530. The molecule has 1 amide bonds. The number of hydrogen-bond acceptors (Lipinski definition) is 5. The molecule has 26 heavy (non-hydrogen) atoms. The molecule has 0 radical (unpaired) electrons. The lowest BCUT2D eigenvalue weighted by Gasteiger charge is -2.14. The average molecular weight is 421 g/mol. The van der Waals surface area contributed by atoms with Crippen molar-refractivity contribution in [2.75, 3.05) is 19.4 Å². The van der Waals surface area contributed by atoms with E-state index in [4.69, 9.17) is 15.2 Å². The summed E-state index contributed by atoms with van der Waals surface area (Å²) in [6.07, 6.45) is -0.258. The van der Waals surface area contributed by atoms with Crippen LogP contribution in [0.25, 0.3) is 0 Å². The van der Waals surface area contributed by atoms with Crippen LogP contribution in [0.15, 0.2) is 46.9 Å². The van der Waals surface area contributed by atoms with E-state index in [0.717, 1.165) is 11.3 Å². The van der Waals surface area contributed by atoms with Gasteiger partial charge in [-0.2, -0.15) is 0 Å². The van der Waals surface area contributed by atoms with Crippen LogP contribution in [0.2, 0.25) is 0 Å². The van der Waals surface area contributed by atoms with Crippen molar-refractivity contribution in [3.8, 4) is 5.75 Å². The highest BCUT2D eigenvalue weighted by Gasteiger charge is 2.20. The number of nitrogens with two attached hydrogens (primary N) is 1. The van der Waals surface area contributed by atoms with Crippen LogP contribution in [0.1, 0.15) is 22.8 Å². The largest absolute Gasteiger partial charge is 0.497 e. The van der Waals surface area contributed by atoms with Crippen LogP contribution in [0.4, 0.5) is 5.69 Å². The Bertz CT molecular complexity index is 778. The van der Waals surface area contributed by atoms with Crippen LogP contribution in [0.5, 0.6) is 5.75 Å². The van der Waals surface area contributed by atoms with Crippen molar-refractivity contribution < 1.29 is 19.1 Å². The second-order valence-corrected chi connectivity index (χ2v) is 6.58. The minimum atomic E-state index is -0.920. The molecule has 7 heteroatoms. The number of hydrogen-bond donors (Lipinski definition) is 2. The lowest BCUT2D eigenvalue weighted by atomic mass is 10.1. The van der Waals surface area contributed by atoms with E-state index in [1.807, 2.05) is 24.3 Å². The number of esters is 1. The molecule has 3 N–H and O–H groups in total. The van der Waals surface area contributed by atoms with Crippen molar-refractivity contribution in [3.63, 3.8) is 0 Å². The van der Waals surface area contributed by atoms with Gasteiger partial charge in [0.2, 0.25) is 0 Å². The predicted molar refractivity (Wildman–Crippen MR) is 103 cm³/mol. The molecular formula is C19H21BrN2O4. The maximum absolute atomic E-state index is 12.2. The Hall–Kier alpha value is -2.54. The molecule has 1 unspecified atom stereocenters. The first-order valence-electron chi connectivity index (χ1n) is 8.07. The minimum absolute atomic E-state index is 0.220. The Morgan fingerprint density at radius 2 is 1.88 bits per heavy atom. The first-order valence-corrected chi connectivity index (χ1v) is 8.86. The smallest absolute Gasteiger partial charge is 0.341 e. The number of carbonyl (C=O) groups is 2. The molecule has 6 nitrogen and oxygen atoms in total. The van der Waals surface area contributed by atoms with Crippen LogP contribution in [-0.4, -0.2) is 31.6 Å². The maximum Gasteiger partial charge on any atom is 0.341 e. The monoisotopic (exact) mass is 420 g/mol. The molecule has 1 atom stereocenters. The van der Waals surface area contributed by atoms with E-state index in [1.54, 1.807) is 25.3 Å². The van der Waals surface area contributed by atoms with Crippen LogP contribution >= 0.6 is 15.9 Å². The molecule has 0 spiro atoms. The number of nitrogens with one attached hydrogen (secondary N) is 1. The fourth-order valence-electron chi connectivity index (χ4n) is 2.25. The molecule has 0 aliphatic carbocycles. The van der Waals surface area contributed by atoms with E-state index in [1.165, 1.54) is 6.92 Å². The Morgan fingerprint density at radius 3 is 2.54 bits per heavy atom. The third-order valence-electron chi connectivity index (χ3n) is 3.76. The number of benzene rings is 2. The van der Waals surface area contributed by atoms with Crippen molar-refractivity contribution in [3.05, 3.63) is 58.1 Å². The van der Waals surface area contributed by atoms with Gasteiger partial charge in [0.05, 0.1) is 12.7 Å². The summed E-state index contributed by atoms with van der Waals surface area (Å²) in [5.74, 6) is -0.216. The van der Waals surface area contributed by atoms with Crippen LogP contribution in [-0.2, 0) is 16.0 Å². The van der Waals surface area contributed by atoms with Crippen molar-refractivity contribution in [2.45, 2.75) is 19.4 Å². The zero-order valence-corrected chi connectivity index (χ0v) is 16.2. The molecule has 0 bridgehead atoms. The first kappa shape index (κ1) is 19.8. The Balaban J connectivity index is 1.83. The average Bonchev–Trinajstić information content (AvgIpc) is 2.64. The molecule has 0 heterocycles. The van der Waals surface area contributed by atoms with Crippen molar-refractivity contribution in [1.82, 2.24) is 5.32 Å². The van der Waals surface area contributed by atoms with Gasteiger partial charge in [-0.3, -0.25) is 4.79 Å². The Labute approximate surface area is 160 Å². The number of rotatable bonds is 7. The van der Waals surface area contributed by atoms with Gasteiger partial charge in [0, 0.05) is 16.7 Å². The molecule has 0 aliphatic heterocycles. The number of ether oxygens (including phenoxy) is 2. The Kier molecular flexibility index (Phi) is 7.03. The topological polar surface area (TPSA) is 90.6 Å². The van der Waals surface area contributed by atoms with Crippen molar-refractivity contribution in [2.24, 2.45) is 0 Å². The molecule has 0 fully saturated rings. The summed E-state index contributed by atoms with van der Waals surface area (Å²) in [5.41, 5.74) is 7.36. The molecule has 2 rings (SSSR count). The van der Waals surface area contributed by atoms with E-state index < -0.39 is 12.1 Å². The highest BCUT2D eigenvalue weighted by molar-refractivity contribution is 9.10. The maximum atomic E-state index is 12.2. The normalized spacial score (nSPS) is 11.5. The molecule has 0 aromatic heterocycles. The molecular weight excluding hydrogens is 400 g/mol. The zero-order chi connectivity index (χ0) is 19.1. The highest BCUT2D eigenvalue weighted by Crippen LogP contribution is 2.19. The third kappa shape index (κ3) is 5.49. The van der Waals surface area contributed by atoms with Gasteiger partial charge in [-0.05, 0) is 49.2 Å². The van der Waals surface area contributed by atoms with Crippen molar-refractivity contribution in [1.29, 1.82) is 0 Å². The van der Waals surface area contributed by atoms with Gasteiger partial charge in [0.1, 0.15) is 5.75 Å². The molecule has 2 aromatic carbocycles. The van der Waals surface area contributed by atoms with Gasteiger partial charge in [-0.25, -0.2) is 4.79 Å². The Morgan fingerprint density at radius 1 is 1.19 bits per heavy atom. The summed E-state index contributed by atoms with van der Waals surface area (Å²) in [6.45, 7) is 1.96. The highest BCUT2D eigenvalue weighted by atomic mass is 79.9. The second kappa shape index (κ2) is 9.24. The first-order chi connectivity index (χ1) is 12.4. The van der Waals surface area contributed by atoms with Gasteiger partial charge in [0.15, 0.2) is 6.10 Å². The van der Waals surface area contributed by atoms with E-state index in [2.05, 4.69) is 21.2 Å². The van der Waals surface area contributed by atoms with E-state index >= 15 is 0 Å². The van der Waals surface area contributed by atoms with E-state index in [9.17, 15) is 9.59 Å². The van der Waals surface area contributed by atoms with Gasteiger partial charge in [-0.15, -0.1) is 0 Å². The van der Waals surface area contributed by atoms with Crippen LogP contribution in [0, 0.1) is 0 Å². The van der Waals surface area contributed by atoms with Crippen LogP contribution in [0.3, 0.4) is 0 Å². The lowest BCUT2D eigenvalue weighted by Crippen LogP contribution is -2.37. The third-order valence-corrected chi connectivity index (χ3v) is 4.25. The standard InChI is InChI=1S/C19H21BrN2O4/c1-12(26-19(24)16-11-14(20)5-8-17(16)21)18(23)22-10-9-13-3-6-15(25-2)7-4-13/h3-8,11-12H,9-10,21H2,1-2H3,(H,22,23). The predicted octanol–water partition coefficient (Wildman–Crippen LogP) is 2.94. The van der Waals surface area contributed by atoms with Gasteiger partial charge < -0.3 is 20.5 Å². The number of methoxy groups -OCH3 is 1. The number of halogens is 1. The van der Waals surface area contributed by atoms with Crippen LogP contribution < -0.4 is 15.8 Å². The summed E-state index contributed by atoms with van der Waals surface area (Å²) < 4.78 is 11.0. The summed E-state index contributed by atoms with van der Waals surface area (Å²) in [7, 11) is 1.61. The summed E-state index contributed by atoms with van der Waals surface area (Å²) in [4.78, 5) is 24.3. The molecule has 0 aliphatic rings. The second-order valence-electron chi connectivity index (χ2n) is 5.67. The van der Waals surface area contributed by atoms with Gasteiger partial charge in [-0.1, -0.05) is 28.1 Å². The number of amides is 1. The fraction of sp³-hybridized carbons (Fsp3) is 0.263. The summed E-state index contributed by atoms with van der Waals surface area (Å²) >= 11 is 3.27. The summed E-state index contributed by atoms with van der Waals surface area (Å²) in [5, 5.41) is 2.75. The van der Waals surface area contributed by atoms with E-state index in [0.29, 0.717) is 23.1 Å². The number of nitrogen functional groups attached to an aromatic ring is 1. The number of carbonyl (C=O) groups excluding carboxylic acids is 2. The molecule has 0 saturated heterocycles. The minimum Gasteiger partial charge on any atom is -0.497 e. The van der Waals surface area contributed by atoms with Crippen molar-refractivity contribution >= 4 is 33.5 Å². The fourth-order valence-corrected chi connectivity index (χ4v) is 2.61. The summed E-state index contributed by atoms with van der Waals surface area (Å²) in [6, 6.07) is 12.5. The van der Waals surface area contributed by atoms with E-state index in [-0.39, 0.29) is 11.5 Å². The van der Waals surface area contributed by atoms with Gasteiger partial charge in [0.25, 0.3) is 5.91 Å². The molecule has 2 aromatic rings.